The van der Waals surface area contributed by atoms with Crippen molar-refractivity contribution in [2.45, 2.75) is 32.4 Å². The number of nitrogens with one attached hydrogen (secondary N) is 2. The van der Waals surface area contributed by atoms with E-state index in [1.165, 1.54) is 0 Å². The number of fused-ring (bicyclic) bond motifs is 1. The molecule has 1 fully saturated rings. The summed E-state index contributed by atoms with van der Waals surface area (Å²) in [6.07, 6.45) is 0.407. The van der Waals surface area contributed by atoms with Gasteiger partial charge in [-0.2, -0.15) is 0 Å². The Bertz CT molecular complexity index is 560. The first kappa shape index (κ1) is 13.1. The average Bonchev–Trinajstić information content (AvgIpc) is 2.77. The van der Waals surface area contributed by atoms with Gasteiger partial charge in [-0.05, 0) is 31.5 Å². The van der Waals surface area contributed by atoms with E-state index in [1.807, 2.05) is 17.0 Å². The Balaban J connectivity index is 1.87. The number of anilines is 1. The Hall–Kier alpha value is -1.88. The summed E-state index contributed by atoms with van der Waals surface area (Å²) in [4.78, 5) is 26.0. The molecular formula is C15H19N3O2. The van der Waals surface area contributed by atoms with Crippen LogP contribution in [-0.2, 0) is 11.2 Å². The molecule has 2 aliphatic rings. The number of rotatable bonds is 1. The SMILES string of the molecule is CC1CNCC(C)N1C(=O)c1ccc2c(c1)NC(=O)C2. The van der Waals surface area contributed by atoms with Gasteiger partial charge in [0.05, 0.1) is 6.42 Å². The van der Waals surface area contributed by atoms with E-state index in [2.05, 4.69) is 24.5 Å². The van der Waals surface area contributed by atoms with Crippen molar-refractivity contribution in [1.29, 1.82) is 0 Å². The summed E-state index contributed by atoms with van der Waals surface area (Å²) in [6.45, 7) is 5.74. The van der Waals surface area contributed by atoms with Crippen molar-refractivity contribution >= 4 is 17.5 Å². The molecule has 0 bridgehead atoms. The molecule has 1 saturated heterocycles. The Labute approximate surface area is 118 Å². The van der Waals surface area contributed by atoms with Gasteiger partial charge in [-0.15, -0.1) is 0 Å². The van der Waals surface area contributed by atoms with Gasteiger partial charge in [0.1, 0.15) is 0 Å². The molecule has 0 radical (unpaired) electrons. The van der Waals surface area contributed by atoms with Crippen molar-refractivity contribution in [1.82, 2.24) is 10.2 Å². The lowest BCUT2D eigenvalue weighted by Crippen LogP contribution is -2.57. The van der Waals surface area contributed by atoms with Crippen LogP contribution >= 0.6 is 0 Å². The summed E-state index contributed by atoms with van der Waals surface area (Å²) in [5.74, 6) is 0.0314. The van der Waals surface area contributed by atoms with Gasteiger partial charge >= 0.3 is 0 Å². The Kier molecular flexibility index (Phi) is 3.22. The van der Waals surface area contributed by atoms with Crippen molar-refractivity contribution in [3.05, 3.63) is 29.3 Å². The summed E-state index contributed by atoms with van der Waals surface area (Å²) in [7, 11) is 0. The third-order valence-corrected chi connectivity index (χ3v) is 4.05. The van der Waals surface area contributed by atoms with Gasteiger partial charge in [0.15, 0.2) is 0 Å². The van der Waals surface area contributed by atoms with Gasteiger partial charge in [0.2, 0.25) is 5.91 Å². The number of hydrogen-bond donors (Lipinski definition) is 2. The van der Waals surface area contributed by atoms with Crippen LogP contribution in [0.4, 0.5) is 5.69 Å². The van der Waals surface area contributed by atoms with Crippen LogP contribution in [-0.4, -0.2) is 41.9 Å². The third-order valence-electron chi connectivity index (χ3n) is 4.05. The number of nitrogens with zero attached hydrogens (tertiary/aromatic N) is 1. The van der Waals surface area contributed by atoms with E-state index in [0.29, 0.717) is 12.0 Å². The Morgan fingerprint density at radius 1 is 1.25 bits per heavy atom. The third kappa shape index (κ3) is 2.18. The van der Waals surface area contributed by atoms with Gasteiger partial charge < -0.3 is 15.5 Å². The molecule has 1 aromatic rings. The number of piperazine rings is 1. The fourth-order valence-electron chi connectivity index (χ4n) is 3.03. The van der Waals surface area contributed by atoms with E-state index in [4.69, 9.17) is 0 Å². The standard InChI is InChI=1S/C15H19N3O2/c1-9-7-16-8-10(2)18(9)15(20)12-4-3-11-6-14(19)17-13(11)5-12/h3-5,9-10,16H,6-8H2,1-2H3,(H,17,19). The van der Waals surface area contributed by atoms with E-state index >= 15 is 0 Å². The molecule has 0 aliphatic carbocycles. The molecule has 0 saturated carbocycles. The highest BCUT2D eigenvalue weighted by atomic mass is 16.2. The highest BCUT2D eigenvalue weighted by Gasteiger charge is 2.30. The van der Waals surface area contributed by atoms with Crippen LogP contribution in [0.1, 0.15) is 29.8 Å². The normalized spacial score (nSPS) is 25.3. The maximum atomic E-state index is 12.7. The average molecular weight is 273 g/mol. The molecule has 106 valence electrons. The van der Waals surface area contributed by atoms with Crippen LogP contribution in [0.2, 0.25) is 0 Å². The van der Waals surface area contributed by atoms with Crippen LogP contribution in [0.25, 0.3) is 0 Å². The van der Waals surface area contributed by atoms with E-state index in [1.54, 1.807) is 6.07 Å². The first-order valence-electron chi connectivity index (χ1n) is 7.02. The largest absolute Gasteiger partial charge is 0.331 e. The van der Waals surface area contributed by atoms with Crippen molar-refractivity contribution in [3.63, 3.8) is 0 Å². The second-order valence-corrected chi connectivity index (χ2v) is 5.67. The topological polar surface area (TPSA) is 61.4 Å². The van der Waals surface area contributed by atoms with E-state index in [-0.39, 0.29) is 23.9 Å². The first-order chi connectivity index (χ1) is 9.56. The zero-order valence-corrected chi connectivity index (χ0v) is 11.8. The summed E-state index contributed by atoms with van der Waals surface area (Å²) in [6, 6.07) is 5.84. The van der Waals surface area contributed by atoms with Crippen LogP contribution in [0, 0.1) is 0 Å². The molecule has 0 aromatic heterocycles. The smallest absolute Gasteiger partial charge is 0.254 e. The summed E-state index contributed by atoms with van der Waals surface area (Å²) in [5, 5.41) is 6.11. The molecule has 2 amide bonds. The van der Waals surface area contributed by atoms with Crippen LogP contribution in [0.3, 0.4) is 0 Å². The Morgan fingerprint density at radius 2 is 1.95 bits per heavy atom. The minimum Gasteiger partial charge on any atom is -0.331 e. The molecule has 5 heteroatoms. The first-order valence-corrected chi connectivity index (χ1v) is 7.02. The number of benzene rings is 1. The van der Waals surface area contributed by atoms with Crippen molar-refractivity contribution in [2.24, 2.45) is 0 Å². The fraction of sp³-hybridized carbons (Fsp3) is 0.467. The van der Waals surface area contributed by atoms with Gasteiger partial charge in [-0.3, -0.25) is 9.59 Å². The molecule has 5 nitrogen and oxygen atoms in total. The zero-order chi connectivity index (χ0) is 14.3. The lowest BCUT2D eigenvalue weighted by molar-refractivity contribution is -0.115. The molecule has 1 aromatic carbocycles. The van der Waals surface area contributed by atoms with E-state index < -0.39 is 0 Å². The molecule has 20 heavy (non-hydrogen) atoms. The van der Waals surface area contributed by atoms with Crippen LogP contribution in [0.5, 0.6) is 0 Å². The highest BCUT2D eigenvalue weighted by Crippen LogP contribution is 2.25. The second kappa shape index (κ2) is 4.90. The van der Waals surface area contributed by atoms with E-state index in [9.17, 15) is 9.59 Å². The number of hydrogen-bond acceptors (Lipinski definition) is 3. The van der Waals surface area contributed by atoms with Gasteiger partial charge in [0.25, 0.3) is 5.91 Å². The Morgan fingerprint density at radius 3 is 2.65 bits per heavy atom. The minimum absolute atomic E-state index is 0.00601. The van der Waals surface area contributed by atoms with Crippen molar-refractivity contribution in [3.8, 4) is 0 Å². The van der Waals surface area contributed by atoms with Gasteiger partial charge in [-0.25, -0.2) is 0 Å². The molecule has 2 unspecified atom stereocenters. The zero-order valence-electron chi connectivity index (χ0n) is 11.8. The molecule has 2 N–H and O–H groups in total. The number of amides is 2. The van der Waals surface area contributed by atoms with Crippen molar-refractivity contribution in [2.75, 3.05) is 18.4 Å². The predicted octanol–water partition coefficient (Wildman–Crippen LogP) is 1.00. The molecule has 2 heterocycles. The second-order valence-electron chi connectivity index (χ2n) is 5.67. The van der Waals surface area contributed by atoms with Gasteiger partial charge in [-0.1, -0.05) is 6.07 Å². The summed E-state index contributed by atoms with van der Waals surface area (Å²) in [5.41, 5.74) is 2.38. The maximum absolute atomic E-state index is 12.7. The minimum atomic E-state index is -0.00601. The lowest BCUT2D eigenvalue weighted by Gasteiger charge is -2.39. The number of carbonyl (C=O) groups is 2. The van der Waals surface area contributed by atoms with E-state index in [0.717, 1.165) is 24.3 Å². The monoisotopic (exact) mass is 273 g/mol. The van der Waals surface area contributed by atoms with Crippen LogP contribution < -0.4 is 10.6 Å². The molecular weight excluding hydrogens is 254 g/mol. The fourth-order valence-corrected chi connectivity index (χ4v) is 3.03. The summed E-state index contributed by atoms with van der Waals surface area (Å²) >= 11 is 0. The van der Waals surface area contributed by atoms with Crippen LogP contribution in [0.15, 0.2) is 18.2 Å². The molecule has 2 atom stereocenters. The summed E-state index contributed by atoms with van der Waals surface area (Å²) < 4.78 is 0. The quantitative estimate of drug-likeness (QED) is 0.802. The highest BCUT2D eigenvalue weighted by molar-refractivity contribution is 6.02. The molecule has 3 rings (SSSR count). The van der Waals surface area contributed by atoms with Crippen molar-refractivity contribution < 1.29 is 9.59 Å². The molecule has 2 aliphatic heterocycles. The molecule has 0 spiro atoms. The predicted molar refractivity (Wildman–Crippen MR) is 76.7 cm³/mol. The lowest BCUT2D eigenvalue weighted by atomic mass is 10.0. The van der Waals surface area contributed by atoms with Gasteiger partial charge in [0, 0.05) is 36.4 Å². The number of carbonyl (C=O) groups excluding carboxylic acids is 2. The maximum Gasteiger partial charge on any atom is 0.254 e.